The van der Waals surface area contributed by atoms with Gasteiger partial charge in [-0.25, -0.2) is 4.39 Å². The molecule has 1 aromatic heterocycles. The van der Waals surface area contributed by atoms with Crippen LogP contribution in [0.15, 0.2) is 30.5 Å². The van der Waals surface area contributed by atoms with Crippen molar-refractivity contribution in [2.24, 2.45) is 5.84 Å². The van der Waals surface area contributed by atoms with E-state index in [1.165, 1.54) is 12.1 Å². The number of nitrogens with two attached hydrogens (primary N) is 1. The van der Waals surface area contributed by atoms with Crippen LogP contribution >= 0.6 is 11.6 Å². The van der Waals surface area contributed by atoms with Crippen LogP contribution in [-0.2, 0) is 13.0 Å². The maximum atomic E-state index is 13.2. The minimum Gasteiger partial charge on any atom is -0.271 e. The number of aryl methyl sites for hydroxylation is 1. The lowest BCUT2D eigenvalue weighted by atomic mass is 10.0. The van der Waals surface area contributed by atoms with E-state index in [0.717, 1.165) is 24.2 Å². The average molecular weight is 297 g/mol. The van der Waals surface area contributed by atoms with Crippen LogP contribution in [0.4, 0.5) is 4.39 Å². The van der Waals surface area contributed by atoms with E-state index in [-0.39, 0.29) is 11.9 Å². The molecular weight excluding hydrogens is 279 g/mol. The zero-order valence-corrected chi connectivity index (χ0v) is 12.1. The van der Waals surface area contributed by atoms with E-state index in [0.29, 0.717) is 11.4 Å². The van der Waals surface area contributed by atoms with Gasteiger partial charge in [-0.3, -0.25) is 16.0 Å². The minimum absolute atomic E-state index is 0.210. The summed E-state index contributed by atoms with van der Waals surface area (Å²) in [5.41, 5.74) is 4.43. The second kappa shape index (κ2) is 6.83. The second-order valence-electron chi connectivity index (χ2n) is 4.65. The van der Waals surface area contributed by atoms with Crippen LogP contribution in [-0.4, -0.2) is 9.78 Å². The standard InChI is InChI=1S/C14H18ClFN4/c1-2-6-20-14(12(15)9-18-20)13(19-17)8-10-4-3-5-11(16)7-10/h3-5,7,9,13,19H,2,6,8,17H2,1H3. The molecule has 108 valence electrons. The van der Waals surface area contributed by atoms with E-state index in [1.54, 1.807) is 12.3 Å². The molecule has 1 heterocycles. The van der Waals surface area contributed by atoms with E-state index in [1.807, 2.05) is 10.7 Å². The molecule has 6 heteroatoms. The Balaban J connectivity index is 2.26. The summed E-state index contributed by atoms with van der Waals surface area (Å²) in [6.45, 7) is 2.83. The smallest absolute Gasteiger partial charge is 0.123 e. The third-order valence-electron chi connectivity index (χ3n) is 3.13. The zero-order chi connectivity index (χ0) is 14.5. The zero-order valence-electron chi connectivity index (χ0n) is 11.3. The van der Waals surface area contributed by atoms with E-state index in [4.69, 9.17) is 17.4 Å². The van der Waals surface area contributed by atoms with Crippen molar-refractivity contribution in [1.82, 2.24) is 15.2 Å². The van der Waals surface area contributed by atoms with E-state index in [9.17, 15) is 4.39 Å². The SMILES string of the molecule is CCCn1ncc(Cl)c1C(Cc1cccc(F)c1)NN. The number of nitrogens with zero attached hydrogens (tertiary/aromatic N) is 2. The van der Waals surface area contributed by atoms with Gasteiger partial charge in [0.25, 0.3) is 0 Å². The lowest BCUT2D eigenvalue weighted by Crippen LogP contribution is -2.31. The number of nitrogens with one attached hydrogen (secondary N) is 1. The Labute approximate surface area is 122 Å². The average Bonchev–Trinajstić information content (AvgIpc) is 2.78. The van der Waals surface area contributed by atoms with Gasteiger partial charge in [0.05, 0.1) is 23.0 Å². The van der Waals surface area contributed by atoms with E-state index < -0.39 is 0 Å². The Morgan fingerprint density at radius 3 is 2.95 bits per heavy atom. The van der Waals surface area contributed by atoms with Crippen LogP contribution in [0, 0.1) is 5.82 Å². The molecule has 1 atom stereocenters. The molecule has 0 amide bonds. The second-order valence-corrected chi connectivity index (χ2v) is 5.06. The number of hydrogen-bond acceptors (Lipinski definition) is 3. The van der Waals surface area contributed by atoms with Gasteiger partial charge in [-0.05, 0) is 30.5 Å². The highest BCUT2D eigenvalue weighted by Gasteiger charge is 2.19. The number of hydrogen-bond donors (Lipinski definition) is 2. The summed E-state index contributed by atoms with van der Waals surface area (Å²) in [7, 11) is 0. The quantitative estimate of drug-likeness (QED) is 0.636. The third kappa shape index (κ3) is 3.36. The molecule has 2 rings (SSSR count). The Morgan fingerprint density at radius 2 is 2.30 bits per heavy atom. The molecule has 0 aliphatic heterocycles. The molecule has 0 fully saturated rings. The van der Waals surface area contributed by atoms with Gasteiger partial charge in [0.1, 0.15) is 5.82 Å². The van der Waals surface area contributed by atoms with Gasteiger partial charge in [0, 0.05) is 6.54 Å². The fourth-order valence-corrected chi connectivity index (χ4v) is 2.52. The number of rotatable bonds is 6. The summed E-state index contributed by atoms with van der Waals surface area (Å²) in [6.07, 6.45) is 3.11. The predicted octanol–water partition coefficient (Wildman–Crippen LogP) is 2.83. The molecule has 0 spiro atoms. The van der Waals surface area contributed by atoms with Crippen molar-refractivity contribution in [3.8, 4) is 0 Å². The minimum atomic E-state index is -0.258. The molecule has 4 nitrogen and oxygen atoms in total. The first-order chi connectivity index (χ1) is 9.65. The molecule has 0 aliphatic rings. The number of hydrazine groups is 1. The van der Waals surface area contributed by atoms with Crippen molar-refractivity contribution < 1.29 is 4.39 Å². The normalized spacial score (nSPS) is 12.6. The summed E-state index contributed by atoms with van der Waals surface area (Å²) in [4.78, 5) is 0. The molecule has 0 bridgehead atoms. The maximum Gasteiger partial charge on any atom is 0.123 e. The van der Waals surface area contributed by atoms with Crippen LogP contribution in [0.3, 0.4) is 0 Å². The summed E-state index contributed by atoms with van der Waals surface area (Å²) in [5.74, 6) is 5.38. The Hall–Kier alpha value is -1.43. The molecule has 1 aromatic carbocycles. The van der Waals surface area contributed by atoms with Crippen LogP contribution in [0.1, 0.15) is 30.6 Å². The van der Waals surface area contributed by atoms with Gasteiger partial charge in [-0.15, -0.1) is 0 Å². The highest BCUT2D eigenvalue weighted by atomic mass is 35.5. The number of aromatic nitrogens is 2. The van der Waals surface area contributed by atoms with Crippen molar-refractivity contribution in [3.63, 3.8) is 0 Å². The van der Waals surface area contributed by atoms with Gasteiger partial charge in [-0.2, -0.15) is 5.10 Å². The van der Waals surface area contributed by atoms with Crippen molar-refractivity contribution in [3.05, 3.63) is 52.6 Å². The van der Waals surface area contributed by atoms with Crippen molar-refractivity contribution >= 4 is 11.6 Å². The summed E-state index contributed by atoms with van der Waals surface area (Å²) in [5, 5.41) is 4.82. The van der Waals surface area contributed by atoms with Crippen molar-refractivity contribution in [2.75, 3.05) is 0 Å². The van der Waals surface area contributed by atoms with Crippen LogP contribution in [0.5, 0.6) is 0 Å². The first-order valence-corrected chi connectivity index (χ1v) is 6.95. The number of halogens is 2. The fourth-order valence-electron chi connectivity index (χ4n) is 2.24. The van der Waals surface area contributed by atoms with Gasteiger partial charge in [-0.1, -0.05) is 30.7 Å². The van der Waals surface area contributed by atoms with Crippen molar-refractivity contribution in [1.29, 1.82) is 0 Å². The van der Waals surface area contributed by atoms with Gasteiger partial charge >= 0.3 is 0 Å². The lowest BCUT2D eigenvalue weighted by molar-refractivity contribution is 0.477. The van der Waals surface area contributed by atoms with Gasteiger partial charge in [0.15, 0.2) is 0 Å². The molecular formula is C14H18ClFN4. The molecule has 1 unspecified atom stereocenters. The first-order valence-electron chi connectivity index (χ1n) is 6.57. The lowest BCUT2D eigenvalue weighted by Gasteiger charge is -2.18. The molecule has 3 N–H and O–H groups in total. The topological polar surface area (TPSA) is 55.9 Å². The maximum absolute atomic E-state index is 13.2. The third-order valence-corrected chi connectivity index (χ3v) is 3.42. The molecule has 0 saturated carbocycles. The fraction of sp³-hybridized carbons (Fsp3) is 0.357. The molecule has 0 aliphatic carbocycles. The highest BCUT2D eigenvalue weighted by Crippen LogP contribution is 2.25. The molecule has 20 heavy (non-hydrogen) atoms. The summed E-state index contributed by atoms with van der Waals surface area (Å²) in [6, 6.07) is 6.25. The highest BCUT2D eigenvalue weighted by molar-refractivity contribution is 6.31. The molecule has 0 radical (unpaired) electrons. The predicted molar refractivity (Wildman–Crippen MR) is 77.7 cm³/mol. The van der Waals surface area contributed by atoms with E-state index in [2.05, 4.69) is 17.4 Å². The van der Waals surface area contributed by atoms with Gasteiger partial charge in [0.2, 0.25) is 0 Å². The summed E-state index contributed by atoms with van der Waals surface area (Å²) >= 11 is 6.20. The molecule has 0 saturated heterocycles. The monoisotopic (exact) mass is 296 g/mol. The van der Waals surface area contributed by atoms with Crippen LogP contribution in [0.2, 0.25) is 5.02 Å². The largest absolute Gasteiger partial charge is 0.271 e. The first kappa shape index (κ1) is 15.0. The van der Waals surface area contributed by atoms with E-state index >= 15 is 0 Å². The number of benzene rings is 1. The summed E-state index contributed by atoms with van der Waals surface area (Å²) < 4.78 is 15.1. The molecule has 2 aromatic rings. The Morgan fingerprint density at radius 1 is 1.50 bits per heavy atom. The van der Waals surface area contributed by atoms with Crippen LogP contribution in [0.25, 0.3) is 0 Å². The van der Waals surface area contributed by atoms with Crippen molar-refractivity contribution in [2.45, 2.75) is 32.4 Å². The Bertz CT molecular complexity index is 570. The van der Waals surface area contributed by atoms with Gasteiger partial charge < -0.3 is 0 Å². The Kier molecular flexibility index (Phi) is 5.11. The van der Waals surface area contributed by atoms with Crippen LogP contribution < -0.4 is 11.3 Å².